The van der Waals surface area contributed by atoms with Crippen LogP contribution in [0.25, 0.3) is 0 Å². The zero-order valence-corrected chi connectivity index (χ0v) is 14.0. The SMILES string of the molecule is COC(=O)/C=C(\C(=O)OC)C1=C(N(C)C)CC(C)(C)CC1=O. The van der Waals surface area contributed by atoms with E-state index in [9.17, 15) is 14.4 Å². The first-order chi connectivity index (χ1) is 10.1. The third kappa shape index (κ3) is 3.96. The second-order valence-electron chi connectivity index (χ2n) is 6.23. The van der Waals surface area contributed by atoms with Gasteiger partial charge in [-0.3, -0.25) is 4.79 Å². The Morgan fingerprint density at radius 3 is 2.18 bits per heavy atom. The van der Waals surface area contributed by atoms with E-state index in [0.717, 1.165) is 6.08 Å². The normalized spacial score (nSPS) is 18.1. The largest absolute Gasteiger partial charge is 0.466 e. The molecule has 0 aromatic heterocycles. The van der Waals surface area contributed by atoms with Crippen molar-refractivity contribution >= 4 is 17.7 Å². The summed E-state index contributed by atoms with van der Waals surface area (Å²) >= 11 is 0. The number of hydrogen-bond donors (Lipinski definition) is 0. The molecule has 6 heteroatoms. The van der Waals surface area contributed by atoms with Crippen LogP contribution in [0.3, 0.4) is 0 Å². The van der Waals surface area contributed by atoms with Crippen LogP contribution in [0.4, 0.5) is 0 Å². The van der Waals surface area contributed by atoms with E-state index >= 15 is 0 Å². The Balaban J connectivity index is 3.53. The van der Waals surface area contributed by atoms with E-state index in [2.05, 4.69) is 4.74 Å². The van der Waals surface area contributed by atoms with Crippen LogP contribution in [-0.2, 0) is 23.9 Å². The number of rotatable bonds is 4. The van der Waals surface area contributed by atoms with Gasteiger partial charge < -0.3 is 14.4 Å². The van der Waals surface area contributed by atoms with Crippen molar-refractivity contribution in [3.63, 3.8) is 0 Å². The van der Waals surface area contributed by atoms with Gasteiger partial charge in [0.1, 0.15) is 0 Å². The Morgan fingerprint density at radius 2 is 1.73 bits per heavy atom. The predicted octanol–water partition coefficient (Wildman–Crippen LogP) is 1.46. The molecular weight excluding hydrogens is 286 g/mol. The Morgan fingerprint density at radius 1 is 1.14 bits per heavy atom. The summed E-state index contributed by atoms with van der Waals surface area (Å²) in [6, 6.07) is 0. The zero-order valence-electron chi connectivity index (χ0n) is 14.0. The summed E-state index contributed by atoms with van der Waals surface area (Å²) in [6.07, 6.45) is 1.94. The van der Waals surface area contributed by atoms with E-state index in [1.165, 1.54) is 14.2 Å². The van der Waals surface area contributed by atoms with Gasteiger partial charge in [-0.1, -0.05) is 13.8 Å². The molecule has 0 amide bonds. The fourth-order valence-electron chi connectivity index (χ4n) is 2.50. The van der Waals surface area contributed by atoms with Gasteiger partial charge in [0.2, 0.25) is 0 Å². The molecule has 1 aliphatic carbocycles. The highest BCUT2D eigenvalue weighted by atomic mass is 16.5. The minimum atomic E-state index is -0.729. The molecule has 0 bridgehead atoms. The molecule has 0 radical (unpaired) electrons. The van der Waals surface area contributed by atoms with Crippen LogP contribution < -0.4 is 0 Å². The fraction of sp³-hybridized carbons (Fsp3) is 0.562. The van der Waals surface area contributed by atoms with Gasteiger partial charge >= 0.3 is 11.9 Å². The lowest BCUT2D eigenvalue weighted by Gasteiger charge is -2.35. The average molecular weight is 309 g/mol. The van der Waals surface area contributed by atoms with E-state index in [-0.39, 0.29) is 22.3 Å². The van der Waals surface area contributed by atoms with Crippen LogP contribution in [0.1, 0.15) is 26.7 Å². The third-order valence-corrected chi connectivity index (χ3v) is 3.53. The highest BCUT2D eigenvalue weighted by Crippen LogP contribution is 2.39. The topological polar surface area (TPSA) is 72.9 Å². The lowest BCUT2D eigenvalue weighted by Crippen LogP contribution is -2.33. The number of methoxy groups -OCH3 is 2. The molecule has 1 aliphatic rings. The summed E-state index contributed by atoms with van der Waals surface area (Å²) in [4.78, 5) is 37.9. The van der Waals surface area contributed by atoms with Gasteiger partial charge in [-0.15, -0.1) is 0 Å². The van der Waals surface area contributed by atoms with Gasteiger partial charge in [0.15, 0.2) is 5.78 Å². The highest BCUT2D eigenvalue weighted by molar-refractivity contribution is 6.13. The third-order valence-electron chi connectivity index (χ3n) is 3.53. The van der Waals surface area contributed by atoms with Gasteiger partial charge in [0.25, 0.3) is 0 Å². The van der Waals surface area contributed by atoms with Crippen LogP contribution in [0, 0.1) is 5.41 Å². The maximum absolute atomic E-state index is 12.6. The van der Waals surface area contributed by atoms with E-state index < -0.39 is 11.9 Å². The molecule has 0 aromatic rings. The number of nitrogens with zero attached hydrogens (tertiary/aromatic N) is 1. The molecule has 0 aliphatic heterocycles. The van der Waals surface area contributed by atoms with E-state index in [1.54, 1.807) is 19.0 Å². The fourth-order valence-corrected chi connectivity index (χ4v) is 2.50. The highest BCUT2D eigenvalue weighted by Gasteiger charge is 2.37. The van der Waals surface area contributed by atoms with Crippen molar-refractivity contribution in [2.24, 2.45) is 5.41 Å². The molecule has 0 aromatic carbocycles. The molecule has 0 unspecified atom stereocenters. The summed E-state index contributed by atoms with van der Waals surface area (Å²) in [5, 5.41) is 0. The zero-order chi connectivity index (χ0) is 17.1. The molecule has 6 nitrogen and oxygen atoms in total. The van der Waals surface area contributed by atoms with Crippen molar-refractivity contribution in [2.45, 2.75) is 26.7 Å². The second kappa shape index (κ2) is 6.77. The Bertz CT molecular complexity index is 555. The maximum atomic E-state index is 12.6. The van der Waals surface area contributed by atoms with Gasteiger partial charge in [0.05, 0.1) is 25.4 Å². The number of carbonyl (C=O) groups excluding carboxylic acids is 3. The van der Waals surface area contributed by atoms with Crippen molar-refractivity contribution in [3.05, 3.63) is 22.9 Å². The summed E-state index contributed by atoms with van der Waals surface area (Å²) in [5.74, 6) is -1.61. The Labute approximate surface area is 130 Å². The molecule has 1 rings (SSSR count). The molecule has 0 fully saturated rings. The van der Waals surface area contributed by atoms with Crippen molar-refractivity contribution in [2.75, 3.05) is 28.3 Å². The first-order valence-electron chi connectivity index (χ1n) is 6.95. The maximum Gasteiger partial charge on any atom is 0.338 e. The molecule has 0 heterocycles. The summed E-state index contributed by atoms with van der Waals surface area (Å²) in [7, 11) is 6.02. The minimum absolute atomic E-state index is 0.0569. The summed E-state index contributed by atoms with van der Waals surface area (Å²) in [5.41, 5.74) is 0.689. The van der Waals surface area contributed by atoms with Gasteiger partial charge in [-0.05, 0) is 11.8 Å². The molecule has 0 N–H and O–H groups in total. The first-order valence-corrected chi connectivity index (χ1v) is 6.95. The van der Waals surface area contributed by atoms with Crippen molar-refractivity contribution in [3.8, 4) is 0 Å². The van der Waals surface area contributed by atoms with Gasteiger partial charge in [-0.25, -0.2) is 9.59 Å². The lowest BCUT2D eigenvalue weighted by molar-refractivity contribution is -0.138. The predicted molar refractivity (Wildman–Crippen MR) is 80.9 cm³/mol. The first kappa shape index (κ1) is 17.9. The molecule has 0 saturated carbocycles. The number of esters is 2. The number of Topliss-reactive ketones (excluding diaryl/α,β-unsaturated/α-hetero) is 1. The average Bonchev–Trinajstić information content (AvgIpc) is 2.42. The van der Waals surface area contributed by atoms with Crippen molar-refractivity contribution in [1.82, 2.24) is 4.90 Å². The van der Waals surface area contributed by atoms with Crippen LogP contribution in [0.5, 0.6) is 0 Å². The van der Waals surface area contributed by atoms with Crippen LogP contribution in [0.15, 0.2) is 22.9 Å². The number of ketones is 1. The lowest BCUT2D eigenvalue weighted by atomic mass is 9.74. The number of allylic oxidation sites excluding steroid dienone is 1. The minimum Gasteiger partial charge on any atom is -0.466 e. The summed E-state index contributed by atoms with van der Waals surface area (Å²) in [6.45, 7) is 3.99. The molecule has 122 valence electrons. The van der Waals surface area contributed by atoms with Crippen LogP contribution >= 0.6 is 0 Å². The van der Waals surface area contributed by atoms with Crippen LogP contribution in [-0.4, -0.2) is 50.9 Å². The second-order valence-corrected chi connectivity index (χ2v) is 6.23. The number of carbonyl (C=O) groups is 3. The van der Waals surface area contributed by atoms with Gasteiger partial charge in [0, 0.05) is 32.3 Å². The number of hydrogen-bond acceptors (Lipinski definition) is 6. The smallest absolute Gasteiger partial charge is 0.338 e. The number of ether oxygens (including phenoxy) is 2. The standard InChI is InChI=1S/C16H23NO5/c1-16(2)8-11(17(3)4)14(12(18)9-16)10(15(20)22-6)7-13(19)21-5/h7H,8-9H2,1-6H3/b10-7-. The summed E-state index contributed by atoms with van der Waals surface area (Å²) < 4.78 is 9.29. The van der Waals surface area contributed by atoms with E-state index in [0.29, 0.717) is 18.5 Å². The van der Waals surface area contributed by atoms with Gasteiger partial charge in [-0.2, -0.15) is 0 Å². The quantitative estimate of drug-likeness (QED) is 0.578. The van der Waals surface area contributed by atoms with E-state index in [4.69, 9.17) is 4.74 Å². The molecule has 0 spiro atoms. The van der Waals surface area contributed by atoms with Crippen LogP contribution in [0.2, 0.25) is 0 Å². The Kier molecular flexibility index (Phi) is 5.52. The Hall–Kier alpha value is -2.11. The molecular formula is C16H23NO5. The van der Waals surface area contributed by atoms with E-state index in [1.807, 2.05) is 13.8 Å². The molecule has 22 heavy (non-hydrogen) atoms. The van der Waals surface area contributed by atoms with Crippen molar-refractivity contribution < 1.29 is 23.9 Å². The monoisotopic (exact) mass is 309 g/mol. The molecule has 0 saturated heterocycles. The van der Waals surface area contributed by atoms with Crippen molar-refractivity contribution in [1.29, 1.82) is 0 Å². The molecule has 0 atom stereocenters.